The van der Waals surface area contributed by atoms with Gasteiger partial charge in [-0.3, -0.25) is 14.4 Å². The van der Waals surface area contributed by atoms with Gasteiger partial charge in [0.1, 0.15) is 5.57 Å². The summed E-state index contributed by atoms with van der Waals surface area (Å²) in [7, 11) is 0. The van der Waals surface area contributed by atoms with Crippen LogP contribution in [0.25, 0.3) is 0 Å². The highest BCUT2D eigenvalue weighted by molar-refractivity contribution is 6.08. The fraction of sp³-hybridized carbons (Fsp3) is 0.545. The van der Waals surface area contributed by atoms with Crippen molar-refractivity contribution in [2.75, 3.05) is 0 Å². The number of amides is 2. The largest absolute Gasteiger partial charge is 0.440 e. The fourth-order valence-corrected chi connectivity index (χ4v) is 1.26. The van der Waals surface area contributed by atoms with Gasteiger partial charge in [-0.15, -0.1) is 0 Å². The Balaban J connectivity index is 2.76. The normalized spacial score (nSPS) is 19.2. The maximum absolute atomic E-state index is 12.3. The highest BCUT2D eigenvalue weighted by Gasteiger charge is 2.49. The molecule has 0 bridgehead atoms. The molecule has 0 N–H and O–H groups in total. The molecule has 1 heterocycles. The highest BCUT2D eigenvalue weighted by atomic mass is 19.4. The van der Waals surface area contributed by atoms with Gasteiger partial charge in [0.2, 0.25) is 5.91 Å². The van der Waals surface area contributed by atoms with Crippen LogP contribution in [0.5, 0.6) is 0 Å². The van der Waals surface area contributed by atoms with Gasteiger partial charge in [0.15, 0.2) is 6.23 Å². The van der Waals surface area contributed by atoms with Gasteiger partial charge in [-0.25, -0.2) is 4.90 Å². The van der Waals surface area contributed by atoms with Crippen LogP contribution in [0, 0.1) is 5.92 Å². The Bertz CT molecular complexity index is 442. The second-order valence-electron chi connectivity index (χ2n) is 4.30. The highest BCUT2D eigenvalue weighted by Crippen LogP contribution is 2.30. The minimum Gasteiger partial charge on any atom is -0.440 e. The summed E-state index contributed by atoms with van der Waals surface area (Å²) >= 11 is 0. The fourth-order valence-electron chi connectivity index (χ4n) is 1.26. The molecule has 19 heavy (non-hydrogen) atoms. The van der Waals surface area contributed by atoms with Gasteiger partial charge in [0, 0.05) is 0 Å². The lowest BCUT2D eigenvalue weighted by atomic mass is 10.1. The van der Waals surface area contributed by atoms with E-state index in [4.69, 9.17) is 4.74 Å². The zero-order valence-electron chi connectivity index (χ0n) is 10.3. The topological polar surface area (TPSA) is 63.7 Å². The summed E-state index contributed by atoms with van der Waals surface area (Å²) in [5.74, 6) is -3.64. The lowest BCUT2D eigenvalue weighted by molar-refractivity contribution is -0.190. The summed E-state index contributed by atoms with van der Waals surface area (Å²) < 4.78 is 41.6. The van der Waals surface area contributed by atoms with Gasteiger partial charge in [-0.1, -0.05) is 20.4 Å². The summed E-state index contributed by atoms with van der Waals surface area (Å²) in [6, 6.07) is 0. The van der Waals surface area contributed by atoms with Gasteiger partial charge in [0.05, 0.1) is 12.3 Å². The van der Waals surface area contributed by atoms with E-state index in [2.05, 4.69) is 6.58 Å². The summed E-state index contributed by atoms with van der Waals surface area (Å²) in [6.45, 7) is 5.64. The van der Waals surface area contributed by atoms with Crippen LogP contribution in [0.15, 0.2) is 12.2 Å². The van der Waals surface area contributed by atoms with Gasteiger partial charge >= 0.3 is 12.1 Å². The molecule has 106 valence electrons. The molecule has 0 aromatic rings. The Hall–Kier alpha value is -1.86. The quantitative estimate of drug-likeness (QED) is 0.445. The van der Waals surface area contributed by atoms with Crippen LogP contribution in [0.1, 0.15) is 20.3 Å². The Kier molecular flexibility index (Phi) is 4.02. The van der Waals surface area contributed by atoms with Crippen molar-refractivity contribution in [2.24, 2.45) is 5.92 Å². The molecular weight excluding hydrogens is 267 g/mol. The number of alkyl halides is 3. The number of likely N-dealkylation sites (tertiary alicyclic amines) is 1. The average molecular weight is 279 g/mol. The summed E-state index contributed by atoms with van der Waals surface area (Å²) in [6.07, 6.45) is -6.52. The maximum Gasteiger partial charge on any atom is 0.421 e. The Morgan fingerprint density at radius 3 is 2.32 bits per heavy atom. The number of nitrogens with zero attached hydrogens (tertiary/aromatic N) is 1. The van der Waals surface area contributed by atoms with Crippen LogP contribution in [-0.2, 0) is 19.1 Å². The molecule has 5 nitrogen and oxygen atoms in total. The Morgan fingerprint density at radius 1 is 1.42 bits per heavy atom. The van der Waals surface area contributed by atoms with Crippen LogP contribution in [-0.4, -0.2) is 35.1 Å². The molecule has 1 unspecified atom stereocenters. The van der Waals surface area contributed by atoms with E-state index in [1.54, 1.807) is 0 Å². The molecule has 1 rings (SSSR count). The van der Waals surface area contributed by atoms with Gasteiger partial charge in [0.25, 0.3) is 5.91 Å². The first-order chi connectivity index (χ1) is 8.55. The number of hydrogen-bond acceptors (Lipinski definition) is 4. The number of β-lactam (4-membered cyclic amide) rings is 1. The SMILES string of the molecule is C=C(C(=O)N1C(=O)CC1OC(=O)C(C)C)C(F)(F)F. The first-order valence-electron chi connectivity index (χ1n) is 5.38. The van der Waals surface area contributed by atoms with E-state index in [-0.39, 0.29) is 11.3 Å². The zero-order valence-corrected chi connectivity index (χ0v) is 10.3. The van der Waals surface area contributed by atoms with Crippen LogP contribution in [0.2, 0.25) is 0 Å². The lowest BCUT2D eigenvalue weighted by Gasteiger charge is -2.38. The molecule has 1 atom stereocenters. The molecular formula is C11H12F3NO4. The van der Waals surface area contributed by atoms with E-state index < -0.39 is 41.7 Å². The predicted octanol–water partition coefficient (Wildman–Crippen LogP) is 1.39. The minimum atomic E-state index is -4.93. The van der Waals surface area contributed by atoms with Gasteiger partial charge < -0.3 is 4.74 Å². The Labute approximate surface area is 107 Å². The summed E-state index contributed by atoms with van der Waals surface area (Å²) in [5, 5.41) is 0. The second kappa shape index (κ2) is 5.02. The van der Waals surface area contributed by atoms with E-state index >= 15 is 0 Å². The van der Waals surface area contributed by atoms with Crippen molar-refractivity contribution in [1.29, 1.82) is 0 Å². The van der Waals surface area contributed by atoms with Crippen LogP contribution in [0.3, 0.4) is 0 Å². The van der Waals surface area contributed by atoms with Gasteiger partial charge in [-0.2, -0.15) is 13.2 Å². The minimum absolute atomic E-state index is 0.260. The molecule has 1 aliphatic heterocycles. The molecule has 0 aliphatic carbocycles. The molecule has 1 saturated heterocycles. The summed E-state index contributed by atoms with van der Waals surface area (Å²) in [4.78, 5) is 34.1. The van der Waals surface area contributed by atoms with Crippen molar-refractivity contribution in [3.05, 3.63) is 12.2 Å². The number of halogens is 3. The molecule has 0 aromatic carbocycles. The molecule has 2 amide bonds. The van der Waals surface area contributed by atoms with Crippen molar-refractivity contribution in [2.45, 2.75) is 32.7 Å². The molecule has 8 heteroatoms. The maximum atomic E-state index is 12.3. The smallest absolute Gasteiger partial charge is 0.421 e. The van der Waals surface area contributed by atoms with E-state index in [1.807, 2.05) is 0 Å². The van der Waals surface area contributed by atoms with Crippen molar-refractivity contribution < 1.29 is 32.3 Å². The van der Waals surface area contributed by atoms with E-state index in [1.165, 1.54) is 13.8 Å². The third kappa shape index (κ3) is 3.12. The van der Waals surface area contributed by atoms with E-state index in [9.17, 15) is 27.6 Å². The second-order valence-corrected chi connectivity index (χ2v) is 4.30. The van der Waals surface area contributed by atoms with E-state index in [0.717, 1.165) is 0 Å². The van der Waals surface area contributed by atoms with Crippen molar-refractivity contribution >= 4 is 17.8 Å². The van der Waals surface area contributed by atoms with Crippen LogP contribution in [0.4, 0.5) is 13.2 Å². The standard InChI is InChI=1S/C11H12F3NO4/c1-5(2)10(18)19-8-4-7(16)15(8)9(17)6(3)11(12,13)14/h5,8H,3-4H2,1-2H3. The number of carbonyl (C=O) groups is 3. The van der Waals surface area contributed by atoms with Crippen molar-refractivity contribution in [1.82, 2.24) is 4.90 Å². The number of ether oxygens (including phenoxy) is 1. The number of carbonyl (C=O) groups excluding carboxylic acids is 3. The molecule has 1 fully saturated rings. The summed E-state index contributed by atoms with van der Waals surface area (Å²) in [5.41, 5.74) is -1.67. The first kappa shape index (κ1) is 15.2. The van der Waals surface area contributed by atoms with Crippen molar-refractivity contribution in [3.8, 4) is 0 Å². The van der Waals surface area contributed by atoms with Crippen molar-refractivity contribution in [3.63, 3.8) is 0 Å². The van der Waals surface area contributed by atoms with E-state index in [0.29, 0.717) is 0 Å². The monoisotopic (exact) mass is 279 g/mol. The van der Waals surface area contributed by atoms with Crippen LogP contribution < -0.4 is 0 Å². The number of rotatable bonds is 3. The zero-order chi connectivity index (χ0) is 15.0. The third-order valence-electron chi connectivity index (χ3n) is 2.45. The predicted molar refractivity (Wildman–Crippen MR) is 56.4 cm³/mol. The Morgan fingerprint density at radius 2 is 1.95 bits per heavy atom. The first-order valence-corrected chi connectivity index (χ1v) is 5.38. The molecule has 0 radical (unpaired) electrons. The number of hydrogen-bond donors (Lipinski definition) is 0. The molecule has 1 aliphatic rings. The number of esters is 1. The third-order valence-corrected chi connectivity index (χ3v) is 2.45. The van der Waals surface area contributed by atoms with Crippen LogP contribution >= 0.6 is 0 Å². The van der Waals surface area contributed by atoms with Gasteiger partial charge in [-0.05, 0) is 0 Å². The average Bonchev–Trinajstić information content (AvgIpc) is 2.25. The lowest BCUT2D eigenvalue weighted by Crippen LogP contribution is -2.58. The molecule has 0 saturated carbocycles. The molecule has 0 aromatic heterocycles. The molecule has 0 spiro atoms. The number of imide groups is 1.